The predicted octanol–water partition coefficient (Wildman–Crippen LogP) is 3.68. The summed E-state index contributed by atoms with van der Waals surface area (Å²) < 4.78 is 5.74. The van der Waals surface area contributed by atoms with Gasteiger partial charge in [0.25, 0.3) is 5.22 Å². The molecule has 152 valence electrons. The highest BCUT2D eigenvalue weighted by atomic mass is 32.2. The molecule has 0 N–H and O–H groups in total. The van der Waals surface area contributed by atoms with Gasteiger partial charge in [-0.05, 0) is 36.1 Å². The van der Waals surface area contributed by atoms with Crippen LogP contribution in [0.4, 0.5) is 0 Å². The fraction of sp³-hybridized carbons (Fsp3) is 0.571. The number of piperazine rings is 1. The second-order valence-electron chi connectivity index (χ2n) is 8.21. The van der Waals surface area contributed by atoms with E-state index in [2.05, 4.69) is 54.9 Å². The fourth-order valence-corrected chi connectivity index (χ4v) is 3.92. The third kappa shape index (κ3) is 5.35. The second-order valence-corrected chi connectivity index (χ2v) is 9.14. The SMILES string of the molecule is CCCN1CCN(C(=O)CSc2nnc(-c3ccc(C(C)(C)C)cc3)o2)CC1. The number of nitrogens with zero attached hydrogens (tertiary/aromatic N) is 4. The largest absolute Gasteiger partial charge is 0.411 e. The molecule has 28 heavy (non-hydrogen) atoms. The average molecular weight is 403 g/mol. The molecular formula is C21H30N4O2S. The molecular weight excluding hydrogens is 372 g/mol. The van der Waals surface area contributed by atoms with E-state index in [9.17, 15) is 4.79 Å². The molecule has 1 aliphatic heterocycles. The standard InChI is InChI=1S/C21H30N4O2S/c1-5-10-24-11-13-25(14-12-24)18(26)15-28-20-23-22-19(27-20)16-6-8-17(9-7-16)21(2,3)4/h6-9H,5,10-15H2,1-4H3. The minimum absolute atomic E-state index is 0.108. The Morgan fingerprint density at radius 2 is 1.79 bits per heavy atom. The van der Waals surface area contributed by atoms with Crippen LogP contribution in [0.25, 0.3) is 11.5 Å². The smallest absolute Gasteiger partial charge is 0.277 e. The summed E-state index contributed by atoms with van der Waals surface area (Å²) in [6.07, 6.45) is 1.15. The van der Waals surface area contributed by atoms with Gasteiger partial charge in [0.15, 0.2) is 0 Å². The molecule has 0 radical (unpaired) electrons. The zero-order chi connectivity index (χ0) is 20.1. The molecule has 1 aromatic heterocycles. The Kier molecular flexibility index (Phi) is 6.78. The van der Waals surface area contributed by atoms with E-state index in [-0.39, 0.29) is 11.3 Å². The maximum absolute atomic E-state index is 12.4. The summed E-state index contributed by atoms with van der Waals surface area (Å²) in [5.74, 6) is 0.956. The minimum Gasteiger partial charge on any atom is -0.411 e. The van der Waals surface area contributed by atoms with Crippen molar-refractivity contribution in [2.24, 2.45) is 0 Å². The first-order valence-electron chi connectivity index (χ1n) is 9.94. The molecule has 1 amide bonds. The fourth-order valence-electron chi connectivity index (χ4n) is 3.25. The van der Waals surface area contributed by atoms with Crippen LogP contribution in [0.15, 0.2) is 33.9 Å². The molecule has 2 heterocycles. The van der Waals surface area contributed by atoms with Gasteiger partial charge in [-0.3, -0.25) is 9.69 Å². The average Bonchev–Trinajstić information content (AvgIpc) is 3.15. The van der Waals surface area contributed by atoms with Crippen molar-refractivity contribution in [3.8, 4) is 11.5 Å². The molecule has 1 fully saturated rings. The first-order chi connectivity index (χ1) is 13.4. The lowest BCUT2D eigenvalue weighted by Crippen LogP contribution is -2.49. The number of aromatic nitrogens is 2. The number of rotatable bonds is 6. The first-order valence-corrected chi connectivity index (χ1v) is 10.9. The van der Waals surface area contributed by atoms with Crippen LogP contribution in [-0.4, -0.2) is 64.4 Å². The molecule has 1 aromatic carbocycles. The van der Waals surface area contributed by atoms with Gasteiger partial charge in [0.1, 0.15) is 0 Å². The Morgan fingerprint density at radius 1 is 1.11 bits per heavy atom. The van der Waals surface area contributed by atoms with Gasteiger partial charge in [0.2, 0.25) is 11.8 Å². The van der Waals surface area contributed by atoms with Gasteiger partial charge in [-0.2, -0.15) is 0 Å². The lowest BCUT2D eigenvalue weighted by Gasteiger charge is -2.34. The van der Waals surface area contributed by atoms with E-state index in [0.717, 1.165) is 44.7 Å². The van der Waals surface area contributed by atoms with Crippen LogP contribution in [-0.2, 0) is 10.2 Å². The van der Waals surface area contributed by atoms with Crippen molar-refractivity contribution in [2.75, 3.05) is 38.5 Å². The van der Waals surface area contributed by atoms with Crippen molar-refractivity contribution >= 4 is 17.7 Å². The van der Waals surface area contributed by atoms with Crippen molar-refractivity contribution in [3.63, 3.8) is 0 Å². The normalized spacial score (nSPS) is 15.8. The molecule has 1 aliphatic rings. The number of thioether (sulfide) groups is 1. The van der Waals surface area contributed by atoms with E-state index in [4.69, 9.17) is 4.42 Å². The van der Waals surface area contributed by atoms with Crippen LogP contribution < -0.4 is 0 Å². The first kappa shape index (κ1) is 20.9. The van der Waals surface area contributed by atoms with Crippen LogP contribution >= 0.6 is 11.8 Å². The Morgan fingerprint density at radius 3 is 2.39 bits per heavy atom. The zero-order valence-electron chi connectivity index (χ0n) is 17.3. The molecule has 0 atom stereocenters. The molecule has 3 rings (SSSR count). The van der Waals surface area contributed by atoms with E-state index in [1.165, 1.54) is 17.3 Å². The number of amides is 1. The van der Waals surface area contributed by atoms with Gasteiger partial charge in [-0.1, -0.05) is 51.6 Å². The minimum atomic E-state index is 0.108. The molecule has 0 aliphatic carbocycles. The topological polar surface area (TPSA) is 62.5 Å². The summed E-state index contributed by atoms with van der Waals surface area (Å²) in [4.78, 5) is 16.8. The highest BCUT2D eigenvalue weighted by molar-refractivity contribution is 7.99. The lowest BCUT2D eigenvalue weighted by molar-refractivity contribution is -0.130. The van der Waals surface area contributed by atoms with Gasteiger partial charge < -0.3 is 9.32 Å². The summed E-state index contributed by atoms with van der Waals surface area (Å²) in [6, 6.07) is 8.19. The van der Waals surface area contributed by atoms with E-state index < -0.39 is 0 Å². The molecule has 6 nitrogen and oxygen atoms in total. The highest BCUT2D eigenvalue weighted by Crippen LogP contribution is 2.27. The summed E-state index contributed by atoms with van der Waals surface area (Å²) in [5, 5.41) is 8.65. The molecule has 1 saturated heterocycles. The van der Waals surface area contributed by atoms with E-state index in [0.29, 0.717) is 16.9 Å². The molecule has 0 spiro atoms. The maximum Gasteiger partial charge on any atom is 0.277 e. The van der Waals surface area contributed by atoms with Crippen LogP contribution in [0.1, 0.15) is 39.7 Å². The quantitative estimate of drug-likeness (QED) is 0.687. The summed E-state index contributed by atoms with van der Waals surface area (Å²) in [7, 11) is 0. The van der Waals surface area contributed by atoms with Crippen LogP contribution in [0.2, 0.25) is 0 Å². The number of hydrogen-bond acceptors (Lipinski definition) is 6. The second kappa shape index (κ2) is 9.09. The van der Waals surface area contributed by atoms with Gasteiger partial charge in [0, 0.05) is 31.7 Å². The molecule has 7 heteroatoms. The number of benzene rings is 1. The Bertz CT molecular complexity index is 774. The monoisotopic (exact) mass is 402 g/mol. The number of carbonyl (C=O) groups is 1. The Hall–Kier alpha value is -1.86. The lowest BCUT2D eigenvalue weighted by atomic mass is 9.87. The van der Waals surface area contributed by atoms with Crippen molar-refractivity contribution in [1.82, 2.24) is 20.0 Å². The predicted molar refractivity (Wildman–Crippen MR) is 112 cm³/mol. The van der Waals surface area contributed by atoms with Crippen LogP contribution in [0.3, 0.4) is 0 Å². The van der Waals surface area contributed by atoms with Crippen LogP contribution in [0.5, 0.6) is 0 Å². The van der Waals surface area contributed by atoms with Gasteiger partial charge in [0.05, 0.1) is 5.75 Å². The summed E-state index contributed by atoms with van der Waals surface area (Å²) >= 11 is 1.31. The van der Waals surface area contributed by atoms with Gasteiger partial charge in [-0.15, -0.1) is 10.2 Å². The Labute approximate surface area is 171 Å². The van der Waals surface area contributed by atoms with E-state index in [1.807, 2.05) is 17.0 Å². The van der Waals surface area contributed by atoms with Crippen molar-refractivity contribution in [2.45, 2.75) is 44.8 Å². The van der Waals surface area contributed by atoms with E-state index >= 15 is 0 Å². The van der Waals surface area contributed by atoms with Gasteiger partial charge in [-0.25, -0.2) is 0 Å². The molecule has 2 aromatic rings. The van der Waals surface area contributed by atoms with Crippen molar-refractivity contribution in [3.05, 3.63) is 29.8 Å². The number of carbonyl (C=O) groups excluding carboxylic acids is 1. The van der Waals surface area contributed by atoms with Crippen molar-refractivity contribution in [1.29, 1.82) is 0 Å². The van der Waals surface area contributed by atoms with Gasteiger partial charge >= 0.3 is 0 Å². The maximum atomic E-state index is 12.4. The summed E-state index contributed by atoms with van der Waals surface area (Å²) in [6.45, 7) is 13.4. The third-order valence-electron chi connectivity index (χ3n) is 4.99. The molecule has 0 bridgehead atoms. The molecule has 0 unspecified atom stereocenters. The van der Waals surface area contributed by atoms with E-state index in [1.54, 1.807) is 0 Å². The third-order valence-corrected chi connectivity index (χ3v) is 5.79. The Balaban J connectivity index is 1.52. The van der Waals surface area contributed by atoms with Crippen LogP contribution in [0, 0.1) is 0 Å². The number of hydrogen-bond donors (Lipinski definition) is 0. The zero-order valence-corrected chi connectivity index (χ0v) is 18.1. The molecule has 0 saturated carbocycles. The summed E-state index contributed by atoms with van der Waals surface area (Å²) in [5.41, 5.74) is 2.26. The van der Waals surface area contributed by atoms with Crippen molar-refractivity contribution < 1.29 is 9.21 Å². The highest BCUT2D eigenvalue weighted by Gasteiger charge is 2.21.